The molecule has 0 fully saturated rings. The minimum atomic E-state index is -1.15. The largest absolute Gasteiger partial charge is 0.488 e. The molecular formula is C12H15BrN2O3. The van der Waals surface area contributed by atoms with Crippen molar-refractivity contribution in [1.29, 1.82) is 0 Å². The lowest BCUT2D eigenvalue weighted by Crippen LogP contribution is -2.40. The van der Waals surface area contributed by atoms with Crippen molar-refractivity contribution in [3.8, 4) is 5.75 Å². The molecule has 1 heterocycles. The van der Waals surface area contributed by atoms with E-state index in [1.165, 1.54) is 0 Å². The van der Waals surface area contributed by atoms with E-state index in [0.29, 0.717) is 6.54 Å². The van der Waals surface area contributed by atoms with Gasteiger partial charge in [-0.25, -0.2) is 0 Å². The summed E-state index contributed by atoms with van der Waals surface area (Å²) in [7, 11) is 0. The van der Waals surface area contributed by atoms with Gasteiger partial charge in [-0.2, -0.15) is 0 Å². The molecule has 18 heavy (non-hydrogen) atoms. The lowest BCUT2D eigenvalue weighted by molar-refractivity contribution is -0.125. The maximum Gasteiger partial charge on any atom is 0.247 e. The number of nitrogens with two attached hydrogens (primary N) is 1. The highest BCUT2D eigenvalue weighted by Gasteiger charge is 2.23. The van der Waals surface area contributed by atoms with Crippen molar-refractivity contribution in [2.24, 2.45) is 5.73 Å². The van der Waals surface area contributed by atoms with Crippen molar-refractivity contribution in [1.82, 2.24) is 5.32 Å². The SMILES string of the molecule is NC(=O)C(O)CNCC1Cc2cc(Br)ccc2O1. The molecule has 2 atom stereocenters. The molecule has 0 aliphatic carbocycles. The van der Waals surface area contributed by atoms with Gasteiger partial charge in [0.2, 0.25) is 5.91 Å². The molecule has 0 aromatic heterocycles. The average Bonchev–Trinajstić information content (AvgIpc) is 2.70. The van der Waals surface area contributed by atoms with Crippen LogP contribution in [0.25, 0.3) is 0 Å². The number of carbonyl (C=O) groups is 1. The number of fused-ring (bicyclic) bond motifs is 1. The van der Waals surface area contributed by atoms with Gasteiger partial charge in [-0.15, -0.1) is 0 Å². The quantitative estimate of drug-likeness (QED) is 0.724. The molecule has 0 spiro atoms. The summed E-state index contributed by atoms with van der Waals surface area (Å²) in [6.45, 7) is 0.714. The number of nitrogens with one attached hydrogen (secondary N) is 1. The van der Waals surface area contributed by atoms with Crippen LogP contribution in [0, 0.1) is 0 Å². The molecule has 1 aromatic carbocycles. The number of hydrogen-bond acceptors (Lipinski definition) is 4. The molecule has 1 aliphatic heterocycles. The van der Waals surface area contributed by atoms with E-state index < -0.39 is 12.0 Å². The van der Waals surface area contributed by atoms with Gasteiger partial charge in [0.15, 0.2) is 0 Å². The number of ether oxygens (including phenoxy) is 1. The second kappa shape index (κ2) is 5.69. The van der Waals surface area contributed by atoms with Crippen LogP contribution in [0.1, 0.15) is 5.56 Å². The fraction of sp³-hybridized carbons (Fsp3) is 0.417. The molecule has 2 unspecified atom stereocenters. The fourth-order valence-corrected chi connectivity index (χ4v) is 2.29. The van der Waals surface area contributed by atoms with Gasteiger partial charge in [0.1, 0.15) is 18.0 Å². The number of aliphatic hydroxyl groups excluding tert-OH is 1. The van der Waals surface area contributed by atoms with E-state index in [-0.39, 0.29) is 12.6 Å². The van der Waals surface area contributed by atoms with E-state index in [0.717, 1.165) is 22.2 Å². The zero-order valence-electron chi connectivity index (χ0n) is 9.73. The van der Waals surface area contributed by atoms with Crippen LogP contribution in [0.2, 0.25) is 0 Å². The maximum atomic E-state index is 10.6. The summed E-state index contributed by atoms with van der Waals surface area (Å²) in [4.78, 5) is 10.6. The molecule has 6 heteroatoms. The maximum absolute atomic E-state index is 10.6. The van der Waals surface area contributed by atoms with Crippen LogP contribution in [0.5, 0.6) is 5.75 Å². The highest BCUT2D eigenvalue weighted by Crippen LogP contribution is 2.30. The predicted molar refractivity (Wildman–Crippen MR) is 70.3 cm³/mol. The van der Waals surface area contributed by atoms with Gasteiger partial charge in [-0.1, -0.05) is 15.9 Å². The number of aliphatic hydroxyl groups is 1. The average molecular weight is 315 g/mol. The summed E-state index contributed by atoms with van der Waals surface area (Å²) in [6, 6.07) is 5.90. The Morgan fingerprint density at radius 3 is 3.17 bits per heavy atom. The number of carbonyl (C=O) groups excluding carboxylic acids is 1. The molecule has 1 aromatic rings. The zero-order valence-corrected chi connectivity index (χ0v) is 11.3. The Morgan fingerprint density at radius 1 is 1.67 bits per heavy atom. The number of primary amides is 1. The molecule has 4 N–H and O–H groups in total. The molecule has 1 amide bonds. The van der Waals surface area contributed by atoms with E-state index in [1.54, 1.807) is 0 Å². The summed E-state index contributed by atoms with van der Waals surface area (Å²) < 4.78 is 6.75. The smallest absolute Gasteiger partial charge is 0.247 e. The first-order valence-corrected chi connectivity index (χ1v) is 6.48. The standard InChI is InChI=1S/C12H15BrN2O3/c13-8-1-2-11-7(3-8)4-9(18-11)5-15-6-10(16)12(14)17/h1-3,9-10,15-16H,4-6H2,(H2,14,17). The van der Waals surface area contributed by atoms with Crippen molar-refractivity contribution >= 4 is 21.8 Å². The summed E-state index contributed by atoms with van der Waals surface area (Å²) in [5.74, 6) is 0.169. The van der Waals surface area contributed by atoms with Crippen LogP contribution >= 0.6 is 15.9 Å². The van der Waals surface area contributed by atoms with Crippen LogP contribution in [-0.2, 0) is 11.2 Å². The van der Waals surface area contributed by atoms with Crippen LogP contribution in [0.4, 0.5) is 0 Å². The Morgan fingerprint density at radius 2 is 2.44 bits per heavy atom. The third-order valence-corrected chi connectivity index (χ3v) is 3.30. The van der Waals surface area contributed by atoms with Crippen molar-refractivity contribution in [2.75, 3.05) is 13.1 Å². The molecule has 0 radical (unpaired) electrons. The van der Waals surface area contributed by atoms with Crippen LogP contribution in [0.15, 0.2) is 22.7 Å². The Balaban J connectivity index is 1.80. The molecular weight excluding hydrogens is 300 g/mol. The van der Waals surface area contributed by atoms with E-state index >= 15 is 0 Å². The van der Waals surface area contributed by atoms with E-state index in [2.05, 4.69) is 21.2 Å². The zero-order chi connectivity index (χ0) is 13.1. The highest BCUT2D eigenvalue weighted by molar-refractivity contribution is 9.10. The third-order valence-electron chi connectivity index (χ3n) is 2.80. The van der Waals surface area contributed by atoms with Crippen LogP contribution < -0.4 is 15.8 Å². The van der Waals surface area contributed by atoms with Gasteiger partial charge in [-0.05, 0) is 23.8 Å². The summed E-state index contributed by atoms with van der Waals surface area (Å²) in [5.41, 5.74) is 6.11. The van der Waals surface area contributed by atoms with Crippen molar-refractivity contribution in [3.63, 3.8) is 0 Å². The topological polar surface area (TPSA) is 84.6 Å². The number of amides is 1. The number of rotatable bonds is 5. The molecule has 5 nitrogen and oxygen atoms in total. The van der Waals surface area contributed by atoms with Crippen molar-refractivity contribution in [2.45, 2.75) is 18.6 Å². The number of hydrogen-bond donors (Lipinski definition) is 3. The van der Waals surface area contributed by atoms with Gasteiger partial charge >= 0.3 is 0 Å². The minimum Gasteiger partial charge on any atom is -0.488 e. The van der Waals surface area contributed by atoms with Crippen LogP contribution in [-0.4, -0.2) is 36.3 Å². The van der Waals surface area contributed by atoms with Crippen LogP contribution in [0.3, 0.4) is 0 Å². The van der Waals surface area contributed by atoms with Gasteiger partial charge in [0, 0.05) is 24.0 Å². The fourth-order valence-electron chi connectivity index (χ4n) is 1.88. The van der Waals surface area contributed by atoms with Gasteiger partial charge in [0.25, 0.3) is 0 Å². The Bertz CT molecular complexity index is 453. The first-order valence-electron chi connectivity index (χ1n) is 5.69. The van der Waals surface area contributed by atoms with Gasteiger partial charge in [0.05, 0.1) is 0 Å². The third kappa shape index (κ3) is 3.22. The van der Waals surface area contributed by atoms with E-state index in [9.17, 15) is 9.90 Å². The van der Waals surface area contributed by atoms with E-state index in [4.69, 9.17) is 10.5 Å². The Labute approximate surface area is 113 Å². The first-order chi connectivity index (χ1) is 8.56. The van der Waals surface area contributed by atoms with Gasteiger partial charge in [-0.3, -0.25) is 4.79 Å². The van der Waals surface area contributed by atoms with Crippen molar-refractivity contribution < 1.29 is 14.6 Å². The number of halogens is 1. The molecule has 1 aliphatic rings. The van der Waals surface area contributed by atoms with Gasteiger partial charge < -0.3 is 20.9 Å². The highest BCUT2D eigenvalue weighted by atomic mass is 79.9. The summed E-state index contributed by atoms with van der Waals surface area (Å²) >= 11 is 3.42. The lowest BCUT2D eigenvalue weighted by atomic mass is 10.1. The molecule has 0 bridgehead atoms. The minimum absolute atomic E-state index is 0.0226. The monoisotopic (exact) mass is 314 g/mol. The Hall–Kier alpha value is -1.11. The Kier molecular flexibility index (Phi) is 4.21. The number of benzene rings is 1. The van der Waals surface area contributed by atoms with E-state index in [1.807, 2.05) is 18.2 Å². The molecule has 98 valence electrons. The second-order valence-electron chi connectivity index (χ2n) is 4.27. The molecule has 0 saturated heterocycles. The normalized spacial score (nSPS) is 19.1. The molecule has 2 rings (SSSR count). The van der Waals surface area contributed by atoms with Crippen molar-refractivity contribution in [3.05, 3.63) is 28.2 Å². The predicted octanol–water partition coefficient (Wildman–Crippen LogP) is 0.188. The molecule has 0 saturated carbocycles. The summed E-state index contributed by atoms with van der Waals surface area (Å²) in [5, 5.41) is 12.2. The second-order valence-corrected chi connectivity index (χ2v) is 5.19. The summed E-state index contributed by atoms with van der Waals surface area (Å²) in [6.07, 6.45) is -0.314. The lowest BCUT2D eigenvalue weighted by Gasteiger charge is -2.13. The first kappa shape index (κ1) is 13.3.